The minimum atomic E-state index is -3.97. The minimum absolute atomic E-state index is 0.153. The van der Waals surface area contributed by atoms with E-state index in [9.17, 15) is 18.0 Å². The van der Waals surface area contributed by atoms with Gasteiger partial charge in [0, 0.05) is 41.1 Å². The Labute approximate surface area is 250 Å². The predicted molar refractivity (Wildman–Crippen MR) is 159 cm³/mol. The van der Waals surface area contributed by atoms with Crippen LogP contribution in [0.4, 0.5) is 0 Å². The van der Waals surface area contributed by atoms with E-state index < -0.39 is 40.1 Å². The van der Waals surface area contributed by atoms with Gasteiger partial charge in [-0.3, -0.25) is 24.6 Å². The van der Waals surface area contributed by atoms with E-state index in [0.29, 0.717) is 51.8 Å². The number of pyridine rings is 1. The fourth-order valence-electron chi connectivity index (χ4n) is 5.59. The van der Waals surface area contributed by atoms with Gasteiger partial charge in [0.05, 0.1) is 23.9 Å². The maximum absolute atomic E-state index is 13.9. The van der Waals surface area contributed by atoms with Crippen LogP contribution in [0, 0.1) is 6.92 Å². The zero-order chi connectivity index (χ0) is 30.0. The summed E-state index contributed by atoms with van der Waals surface area (Å²) in [7, 11) is -3.97. The van der Waals surface area contributed by atoms with Gasteiger partial charge in [0.1, 0.15) is 12.3 Å². The fraction of sp³-hybridized carbons (Fsp3) is 0.323. The summed E-state index contributed by atoms with van der Waals surface area (Å²) in [5, 5.41) is 3.84. The molecule has 11 heteroatoms. The van der Waals surface area contributed by atoms with E-state index in [4.69, 9.17) is 21.1 Å². The van der Waals surface area contributed by atoms with Gasteiger partial charge in [-0.1, -0.05) is 54.1 Å². The summed E-state index contributed by atoms with van der Waals surface area (Å²) in [5.74, 6) is -1.21. The number of hydrogen-bond donors (Lipinski definition) is 2. The minimum Gasteiger partial charge on any atom is -0.366 e. The van der Waals surface area contributed by atoms with Crippen LogP contribution in [0.15, 0.2) is 66.4 Å². The number of nitrogens with zero attached hydrogens (tertiary/aromatic N) is 1. The molecule has 1 amide bonds. The van der Waals surface area contributed by atoms with Gasteiger partial charge in [-0.25, -0.2) is 8.42 Å². The monoisotopic (exact) mass is 609 g/mol. The second-order valence-corrected chi connectivity index (χ2v) is 12.3. The van der Waals surface area contributed by atoms with Gasteiger partial charge in [0.25, 0.3) is 0 Å². The lowest BCUT2D eigenvalue weighted by atomic mass is 9.82. The number of rotatable bonds is 10. The van der Waals surface area contributed by atoms with Crippen LogP contribution in [-0.2, 0) is 41.3 Å². The van der Waals surface area contributed by atoms with E-state index in [0.717, 1.165) is 11.1 Å². The van der Waals surface area contributed by atoms with Gasteiger partial charge >= 0.3 is 0 Å². The first-order chi connectivity index (χ1) is 20.1. The first-order valence-corrected chi connectivity index (χ1v) is 15.8. The van der Waals surface area contributed by atoms with Crippen molar-refractivity contribution in [2.24, 2.45) is 0 Å². The number of carbonyl (C=O) groups excluding carboxylic acids is 2. The second-order valence-electron chi connectivity index (χ2n) is 10.1. The summed E-state index contributed by atoms with van der Waals surface area (Å²) in [6, 6.07) is 15.2. The third-order valence-corrected chi connectivity index (χ3v) is 8.91. The molecule has 2 heterocycles. The summed E-state index contributed by atoms with van der Waals surface area (Å²) >= 11 is 6.11. The maximum Gasteiger partial charge on any atom is 0.239 e. The van der Waals surface area contributed by atoms with E-state index in [1.165, 1.54) is 0 Å². The lowest BCUT2D eigenvalue weighted by molar-refractivity contribution is -0.127. The number of nitrogens with one attached hydrogen (secondary N) is 2. The number of Topliss-reactive ketones (excluding diaryl/α,β-unsaturated/α-hetero) is 1. The fourth-order valence-corrected chi connectivity index (χ4v) is 6.90. The number of fused-ring (bicyclic) bond motifs is 2. The number of aryl methyl sites for hydroxylation is 1. The highest BCUT2D eigenvalue weighted by Crippen LogP contribution is 2.47. The maximum atomic E-state index is 13.9. The first kappa shape index (κ1) is 30.1. The summed E-state index contributed by atoms with van der Waals surface area (Å²) < 4.78 is 39.7. The topological polar surface area (TPSA) is 124 Å². The van der Waals surface area contributed by atoms with E-state index in [1.807, 2.05) is 26.8 Å². The van der Waals surface area contributed by atoms with Gasteiger partial charge < -0.3 is 9.47 Å². The van der Waals surface area contributed by atoms with Crippen LogP contribution in [0.3, 0.4) is 0 Å². The standard InChI is InChI=1S/C31H32ClN3O6S/c1-4-40-30-22-10-8-14-33-27(22)26-25(29(30)37)28(34-31(26)41-5-2)21-13-12-19(15-18(21)3)17-42(38,39)35-24(36)16-20-9-6-7-11-23(20)32/h6-15,28,30-31,34H,4-5,16-17H2,1-3H3,(H,35,36). The molecule has 0 bridgehead atoms. The number of ketones is 1. The Morgan fingerprint density at radius 3 is 2.50 bits per heavy atom. The van der Waals surface area contributed by atoms with Crippen molar-refractivity contribution < 1.29 is 27.5 Å². The van der Waals surface area contributed by atoms with Crippen molar-refractivity contribution in [1.29, 1.82) is 0 Å². The molecule has 5 rings (SSSR count). The van der Waals surface area contributed by atoms with Gasteiger partial charge in [0.15, 0.2) is 5.78 Å². The Kier molecular flexibility index (Phi) is 8.91. The van der Waals surface area contributed by atoms with Crippen molar-refractivity contribution in [3.05, 3.63) is 105 Å². The SMILES string of the molecule is CCOC1NC(c2ccc(CS(=O)(=O)NC(=O)Cc3ccccc3Cl)cc2C)C2=C1c1ncccc1C(OCC)C2=O. The van der Waals surface area contributed by atoms with Crippen molar-refractivity contribution in [3.63, 3.8) is 0 Å². The number of carbonyl (C=O) groups is 2. The summed E-state index contributed by atoms with van der Waals surface area (Å²) in [5.41, 5.74) is 5.24. The Hall–Kier alpha value is -3.41. The molecular formula is C31H32ClN3O6S. The zero-order valence-corrected chi connectivity index (χ0v) is 25.1. The molecule has 9 nitrogen and oxygen atoms in total. The number of benzene rings is 2. The molecule has 3 unspecified atom stereocenters. The highest BCUT2D eigenvalue weighted by Gasteiger charge is 2.47. The summed E-state index contributed by atoms with van der Waals surface area (Å²) in [6.07, 6.45) is 0.202. The highest BCUT2D eigenvalue weighted by molar-refractivity contribution is 7.89. The normalized spacial score (nSPS) is 19.9. The van der Waals surface area contributed by atoms with Crippen LogP contribution in [0.2, 0.25) is 5.02 Å². The molecule has 3 atom stereocenters. The Balaban J connectivity index is 1.41. The van der Waals surface area contributed by atoms with Crippen molar-refractivity contribution in [2.45, 2.75) is 51.3 Å². The van der Waals surface area contributed by atoms with Crippen LogP contribution in [-0.4, -0.2) is 44.5 Å². The highest BCUT2D eigenvalue weighted by atomic mass is 35.5. The Bertz CT molecular complexity index is 1670. The molecule has 0 spiro atoms. The zero-order valence-electron chi connectivity index (χ0n) is 23.5. The summed E-state index contributed by atoms with van der Waals surface area (Å²) in [4.78, 5) is 30.9. The van der Waals surface area contributed by atoms with Crippen molar-refractivity contribution >= 4 is 38.9 Å². The molecule has 3 aromatic rings. The first-order valence-electron chi connectivity index (χ1n) is 13.7. The molecular weight excluding hydrogens is 578 g/mol. The molecule has 0 radical (unpaired) electrons. The third-order valence-electron chi connectivity index (χ3n) is 7.29. The predicted octanol–water partition coefficient (Wildman–Crippen LogP) is 4.35. The Morgan fingerprint density at radius 2 is 1.79 bits per heavy atom. The lowest BCUT2D eigenvalue weighted by Gasteiger charge is -2.27. The quantitative estimate of drug-likeness (QED) is 0.348. The molecule has 0 fully saturated rings. The molecule has 0 saturated carbocycles. The van der Waals surface area contributed by atoms with Gasteiger partial charge in [-0.15, -0.1) is 0 Å². The van der Waals surface area contributed by atoms with Gasteiger partial charge in [-0.05, 0) is 55.2 Å². The second kappa shape index (κ2) is 12.4. The molecule has 2 aliphatic rings. The third kappa shape index (κ3) is 6.04. The van der Waals surface area contributed by atoms with Crippen LogP contribution >= 0.6 is 11.6 Å². The molecule has 1 aliphatic heterocycles. The molecule has 1 aliphatic carbocycles. The average Bonchev–Trinajstić information content (AvgIpc) is 3.31. The van der Waals surface area contributed by atoms with Crippen molar-refractivity contribution in [1.82, 2.24) is 15.0 Å². The van der Waals surface area contributed by atoms with E-state index in [1.54, 1.807) is 54.7 Å². The van der Waals surface area contributed by atoms with E-state index in [2.05, 4.69) is 15.0 Å². The van der Waals surface area contributed by atoms with Crippen molar-refractivity contribution in [2.75, 3.05) is 13.2 Å². The largest absolute Gasteiger partial charge is 0.366 e. The Morgan fingerprint density at radius 1 is 1.02 bits per heavy atom. The molecule has 2 aromatic carbocycles. The number of hydrogen-bond acceptors (Lipinski definition) is 8. The number of sulfonamides is 1. The number of aromatic nitrogens is 1. The number of halogens is 1. The van der Waals surface area contributed by atoms with Crippen LogP contribution < -0.4 is 10.0 Å². The molecule has 2 N–H and O–H groups in total. The van der Waals surface area contributed by atoms with E-state index in [-0.39, 0.29) is 12.2 Å². The van der Waals surface area contributed by atoms with Crippen LogP contribution in [0.1, 0.15) is 59.5 Å². The lowest BCUT2D eigenvalue weighted by Crippen LogP contribution is -2.33. The average molecular weight is 610 g/mol. The number of ether oxygens (including phenoxy) is 2. The smallest absolute Gasteiger partial charge is 0.239 e. The molecule has 220 valence electrons. The van der Waals surface area contributed by atoms with E-state index >= 15 is 0 Å². The summed E-state index contributed by atoms with van der Waals surface area (Å²) in [6.45, 7) is 6.37. The molecule has 0 saturated heterocycles. The van der Waals surface area contributed by atoms with Crippen LogP contribution in [0.25, 0.3) is 5.57 Å². The van der Waals surface area contributed by atoms with Gasteiger partial charge in [0.2, 0.25) is 15.9 Å². The van der Waals surface area contributed by atoms with Crippen LogP contribution in [0.5, 0.6) is 0 Å². The molecule has 42 heavy (non-hydrogen) atoms. The molecule has 1 aromatic heterocycles. The number of amides is 1. The van der Waals surface area contributed by atoms with Crippen molar-refractivity contribution in [3.8, 4) is 0 Å². The van der Waals surface area contributed by atoms with Gasteiger partial charge in [-0.2, -0.15) is 0 Å².